The molecule has 9 N–H and O–H groups in total. The lowest BCUT2D eigenvalue weighted by atomic mass is 9.34. The highest BCUT2D eigenvalue weighted by Crippen LogP contribution is 2.76. The zero-order valence-corrected chi connectivity index (χ0v) is 34.4. The minimum atomic E-state index is -1.70. The fraction of sp³-hybridized carbons (Fsp3) is 0.952. The molecule has 6 fully saturated rings. The molecule has 0 aromatic rings. The fourth-order valence-electron chi connectivity index (χ4n) is 13.3. The van der Waals surface area contributed by atoms with Crippen molar-refractivity contribution in [1.29, 1.82) is 0 Å². The summed E-state index contributed by atoms with van der Waals surface area (Å²) in [5.41, 5.74) is -1.71. The summed E-state index contributed by atoms with van der Waals surface area (Å²) in [6, 6.07) is 0. The number of allylic oxidation sites excluding steroid dienone is 2. The van der Waals surface area contributed by atoms with Gasteiger partial charge < -0.3 is 64.9 Å². The topological polar surface area (TPSA) is 219 Å². The molecule has 13 nitrogen and oxygen atoms in total. The van der Waals surface area contributed by atoms with Crippen molar-refractivity contribution in [3.8, 4) is 0 Å². The number of aliphatic hydroxyl groups is 9. The lowest BCUT2D eigenvalue weighted by molar-refractivity contribution is -0.382. The highest BCUT2D eigenvalue weighted by molar-refractivity contribution is 5.22. The first kappa shape index (κ1) is 43.8. The molecule has 2 aliphatic heterocycles. The predicted octanol–water partition coefficient (Wildman–Crippen LogP) is 2.15. The zero-order valence-electron chi connectivity index (χ0n) is 34.4. The third-order valence-electron chi connectivity index (χ3n) is 16.5. The van der Waals surface area contributed by atoms with E-state index >= 15 is 0 Å². The quantitative estimate of drug-likeness (QED) is 0.121. The van der Waals surface area contributed by atoms with Crippen molar-refractivity contribution in [3.63, 3.8) is 0 Å². The summed E-state index contributed by atoms with van der Waals surface area (Å²) in [6.07, 6.45) is -8.99. The molecule has 4 aliphatic carbocycles. The van der Waals surface area contributed by atoms with Gasteiger partial charge in [0.2, 0.25) is 0 Å². The van der Waals surface area contributed by atoms with Crippen molar-refractivity contribution in [2.45, 2.75) is 199 Å². The molecule has 0 aromatic carbocycles. The van der Waals surface area contributed by atoms with E-state index in [9.17, 15) is 46.0 Å². The lowest BCUT2D eigenvalue weighted by Crippen LogP contribution is -2.71. The summed E-state index contributed by atoms with van der Waals surface area (Å²) in [6.45, 7) is 17.8. The van der Waals surface area contributed by atoms with Crippen LogP contribution in [0.25, 0.3) is 0 Å². The van der Waals surface area contributed by atoms with Crippen LogP contribution < -0.4 is 0 Å². The van der Waals surface area contributed by atoms with Crippen LogP contribution >= 0.6 is 0 Å². The van der Waals surface area contributed by atoms with Gasteiger partial charge in [-0.15, -0.1) is 0 Å². The van der Waals surface area contributed by atoms with Gasteiger partial charge in [0, 0.05) is 0 Å². The van der Waals surface area contributed by atoms with E-state index in [1.807, 2.05) is 20.8 Å². The number of hydrogen-bond acceptors (Lipinski definition) is 13. The van der Waals surface area contributed by atoms with E-state index < -0.39 is 114 Å². The van der Waals surface area contributed by atoms with E-state index in [1.165, 1.54) is 12.5 Å². The van der Waals surface area contributed by atoms with Crippen LogP contribution in [0.4, 0.5) is 0 Å². The van der Waals surface area contributed by atoms with E-state index in [2.05, 4.69) is 40.7 Å². The first-order valence-corrected chi connectivity index (χ1v) is 20.8. The minimum absolute atomic E-state index is 0.0411. The van der Waals surface area contributed by atoms with Gasteiger partial charge in [0.25, 0.3) is 0 Å². The number of fused-ring (bicyclic) bond motifs is 5. The van der Waals surface area contributed by atoms with Crippen molar-refractivity contribution in [2.75, 3.05) is 6.61 Å². The highest BCUT2D eigenvalue weighted by atomic mass is 16.8. The Morgan fingerprint density at radius 3 is 2.13 bits per heavy atom. The second-order valence-corrected chi connectivity index (χ2v) is 20.3. The molecule has 2 heterocycles. The molecule has 6 aliphatic rings. The van der Waals surface area contributed by atoms with E-state index in [-0.39, 0.29) is 23.7 Å². The SMILES string of the molecule is CC(C)=CCC[C@](C)(O)[C@H]1CC[C@]2(C)[C@@H]1[C@H](O)C[C@@H]1[C@@]3(C)CC[C@H](O)C(C)(C)[C@@H]3[C@@H](O[C@@H]3O[C@H](CO)[C@@H](O)[C@H](O)[C@H]3O[C@@H]3O[C@@H](C)[C@@H](O)[C@H](O)[C@@H]3O)C[C@]12C. The third kappa shape index (κ3) is 7.10. The number of aliphatic hydroxyl groups excluding tert-OH is 8. The lowest BCUT2D eigenvalue weighted by Gasteiger charge is -2.72. The van der Waals surface area contributed by atoms with Gasteiger partial charge in [-0.2, -0.15) is 0 Å². The van der Waals surface area contributed by atoms with Gasteiger partial charge in [-0.1, -0.05) is 46.3 Å². The Kier molecular flexibility index (Phi) is 12.2. The van der Waals surface area contributed by atoms with Crippen LogP contribution in [0.5, 0.6) is 0 Å². The summed E-state index contributed by atoms with van der Waals surface area (Å²) >= 11 is 0. The van der Waals surface area contributed by atoms with Crippen molar-refractivity contribution >= 4 is 0 Å². The summed E-state index contributed by atoms with van der Waals surface area (Å²) < 4.78 is 25.1. The number of rotatable bonds is 9. The van der Waals surface area contributed by atoms with Crippen LogP contribution in [-0.2, 0) is 18.9 Å². The maximum atomic E-state index is 12.3. The molecule has 0 spiro atoms. The Morgan fingerprint density at radius 2 is 1.49 bits per heavy atom. The predicted molar refractivity (Wildman–Crippen MR) is 201 cm³/mol. The smallest absolute Gasteiger partial charge is 0.187 e. The second-order valence-electron chi connectivity index (χ2n) is 20.3. The van der Waals surface area contributed by atoms with E-state index in [1.54, 1.807) is 0 Å². The summed E-state index contributed by atoms with van der Waals surface area (Å²) in [5, 5.41) is 100. The van der Waals surface area contributed by atoms with E-state index in [0.29, 0.717) is 32.1 Å². The first-order valence-electron chi connectivity index (χ1n) is 20.8. The highest BCUT2D eigenvalue weighted by Gasteiger charge is 2.73. The monoisotopic (exact) mass is 784 g/mol. The van der Waals surface area contributed by atoms with Gasteiger partial charge in [0.05, 0.1) is 36.6 Å². The molecule has 0 bridgehead atoms. The molecular formula is C42H72O13. The third-order valence-corrected chi connectivity index (χ3v) is 16.5. The first-order chi connectivity index (χ1) is 25.5. The van der Waals surface area contributed by atoms with E-state index in [0.717, 1.165) is 19.3 Å². The number of hydrogen-bond donors (Lipinski definition) is 9. The Morgan fingerprint density at radius 1 is 0.818 bits per heavy atom. The van der Waals surface area contributed by atoms with Gasteiger partial charge in [0.15, 0.2) is 12.6 Å². The van der Waals surface area contributed by atoms with Gasteiger partial charge in [-0.05, 0) is 124 Å². The fourth-order valence-corrected chi connectivity index (χ4v) is 13.3. The van der Waals surface area contributed by atoms with Crippen molar-refractivity contribution < 1.29 is 64.9 Å². The Hall–Kier alpha value is -0.780. The van der Waals surface area contributed by atoms with Crippen LogP contribution in [0.15, 0.2) is 11.6 Å². The standard InChI is InChI=1S/C42H72O13/c1-20(2)11-10-14-42(9,51)22-12-16-40(7)28(22)23(44)17-26-39(6)15-13-27(45)38(4,5)35(39)24(18-41(26,40)8)53-37-34(32(49)30(47)25(19-43)54-37)55-36-33(50)31(48)29(46)21(3)52-36/h11,21-37,43-51H,10,12-19H2,1-9H3/t21-,22-,23+,24-,25+,26+,27-,28-,29+,30+,31-,32-,33-,34+,35-,36-,37+,39+,40+,41+,42-/m0/s1. The summed E-state index contributed by atoms with van der Waals surface area (Å²) in [4.78, 5) is 0. The van der Waals surface area contributed by atoms with Crippen LogP contribution in [-0.4, -0.2) is 138 Å². The maximum Gasteiger partial charge on any atom is 0.187 e. The van der Waals surface area contributed by atoms with Gasteiger partial charge in [-0.25, -0.2) is 0 Å². The molecule has 0 unspecified atom stereocenters. The molecule has 0 aromatic heterocycles. The Balaban J connectivity index is 1.38. The minimum Gasteiger partial charge on any atom is -0.394 e. The maximum absolute atomic E-state index is 12.3. The van der Waals surface area contributed by atoms with Crippen LogP contribution in [0.2, 0.25) is 0 Å². The van der Waals surface area contributed by atoms with Crippen LogP contribution in [0.1, 0.15) is 114 Å². The van der Waals surface area contributed by atoms with Crippen molar-refractivity contribution in [2.24, 2.45) is 45.3 Å². The van der Waals surface area contributed by atoms with Crippen molar-refractivity contribution in [3.05, 3.63) is 11.6 Å². The molecule has 6 rings (SSSR count). The second kappa shape index (κ2) is 15.4. The largest absolute Gasteiger partial charge is 0.394 e. The molecule has 0 amide bonds. The molecule has 13 heteroatoms. The molecule has 2 saturated heterocycles. The average molecular weight is 785 g/mol. The molecule has 55 heavy (non-hydrogen) atoms. The molecular weight excluding hydrogens is 712 g/mol. The zero-order chi connectivity index (χ0) is 40.8. The van der Waals surface area contributed by atoms with Gasteiger partial charge in [-0.3, -0.25) is 0 Å². The molecule has 318 valence electrons. The van der Waals surface area contributed by atoms with Gasteiger partial charge in [0.1, 0.15) is 42.7 Å². The number of ether oxygens (including phenoxy) is 4. The Bertz CT molecular complexity index is 1390. The Labute approximate surface area is 327 Å². The van der Waals surface area contributed by atoms with Crippen LogP contribution in [0.3, 0.4) is 0 Å². The summed E-state index contributed by atoms with van der Waals surface area (Å²) in [5.74, 6) is -0.526. The van der Waals surface area contributed by atoms with E-state index in [4.69, 9.17) is 18.9 Å². The van der Waals surface area contributed by atoms with Gasteiger partial charge >= 0.3 is 0 Å². The summed E-state index contributed by atoms with van der Waals surface area (Å²) in [7, 11) is 0. The molecule has 0 radical (unpaired) electrons. The molecule has 4 saturated carbocycles. The molecule has 21 atom stereocenters. The van der Waals surface area contributed by atoms with Crippen molar-refractivity contribution in [1.82, 2.24) is 0 Å². The average Bonchev–Trinajstić information content (AvgIpc) is 3.49. The normalized spacial score (nSPS) is 53.4. The van der Waals surface area contributed by atoms with Crippen LogP contribution in [0, 0.1) is 45.3 Å².